The number of rotatable bonds is 5. The lowest BCUT2D eigenvalue weighted by molar-refractivity contribution is -0.121. The molecular formula is C18H20N2O5. The molecule has 1 saturated heterocycles. The Morgan fingerprint density at radius 2 is 2.04 bits per heavy atom. The van der Waals surface area contributed by atoms with Crippen molar-refractivity contribution in [3.05, 3.63) is 30.0 Å². The van der Waals surface area contributed by atoms with Crippen LogP contribution in [0.3, 0.4) is 0 Å². The molecule has 3 heterocycles. The van der Waals surface area contributed by atoms with Crippen LogP contribution in [0, 0.1) is 0 Å². The van der Waals surface area contributed by atoms with Crippen molar-refractivity contribution in [3.8, 4) is 22.8 Å². The molecule has 1 N–H and O–H groups in total. The van der Waals surface area contributed by atoms with Gasteiger partial charge in [-0.2, -0.15) is 0 Å². The maximum absolute atomic E-state index is 12.0. The molecule has 1 aromatic heterocycles. The van der Waals surface area contributed by atoms with E-state index in [0.717, 1.165) is 30.8 Å². The summed E-state index contributed by atoms with van der Waals surface area (Å²) in [6.07, 6.45) is 2.37. The first-order valence-electron chi connectivity index (χ1n) is 8.52. The van der Waals surface area contributed by atoms with E-state index in [2.05, 4.69) is 10.5 Å². The first-order chi connectivity index (χ1) is 12.3. The van der Waals surface area contributed by atoms with Gasteiger partial charge in [-0.05, 0) is 31.0 Å². The standard InChI is InChI=1S/C18H20N2O5/c21-18(19-11-14-2-1-5-22-14)10-13-9-16(25-20-13)12-3-4-15-17(8-12)24-7-6-23-15/h3-4,8-9,14H,1-2,5-7,10-11H2,(H,19,21). The van der Waals surface area contributed by atoms with Crippen LogP contribution in [0.15, 0.2) is 28.8 Å². The van der Waals surface area contributed by atoms with Crippen molar-refractivity contribution in [2.24, 2.45) is 0 Å². The Hall–Kier alpha value is -2.54. The van der Waals surface area contributed by atoms with Gasteiger partial charge in [0.2, 0.25) is 5.91 Å². The largest absolute Gasteiger partial charge is 0.486 e. The predicted molar refractivity (Wildman–Crippen MR) is 88.6 cm³/mol. The average Bonchev–Trinajstić information content (AvgIpc) is 3.31. The molecule has 25 heavy (non-hydrogen) atoms. The monoisotopic (exact) mass is 344 g/mol. The van der Waals surface area contributed by atoms with Gasteiger partial charge in [0.05, 0.1) is 18.2 Å². The molecule has 2 aliphatic heterocycles. The second kappa shape index (κ2) is 7.14. The number of hydrogen-bond donors (Lipinski definition) is 1. The summed E-state index contributed by atoms with van der Waals surface area (Å²) in [5.74, 6) is 1.93. The molecule has 0 aliphatic carbocycles. The maximum atomic E-state index is 12.0. The van der Waals surface area contributed by atoms with Gasteiger partial charge in [-0.3, -0.25) is 4.79 Å². The second-order valence-corrected chi connectivity index (χ2v) is 6.16. The number of carbonyl (C=O) groups excluding carboxylic acids is 1. The summed E-state index contributed by atoms with van der Waals surface area (Å²) in [6.45, 7) is 2.41. The Morgan fingerprint density at radius 1 is 1.16 bits per heavy atom. The van der Waals surface area contributed by atoms with Crippen LogP contribution >= 0.6 is 0 Å². The van der Waals surface area contributed by atoms with Crippen molar-refractivity contribution in [1.82, 2.24) is 10.5 Å². The fraction of sp³-hybridized carbons (Fsp3) is 0.444. The SMILES string of the molecule is O=C(Cc1cc(-c2ccc3c(c2)OCCO3)on1)NCC1CCCO1. The van der Waals surface area contributed by atoms with Gasteiger partial charge in [0.15, 0.2) is 17.3 Å². The molecule has 2 aromatic rings. The van der Waals surface area contributed by atoms with E-state index in [-0.39, 0.29) is 18.4 Å². The van der Waals surface area contributed by atoms with Gasteiger partial charge in [0.25, 0.3) is 0 Å². The zero-order valence-electron chi connectivity index (χ0n) is 13.8. The Labute approximate surface area is 145 Å². The van der Waals surface area contributed by atoms with Crippen LogP contribution in [0.4, 0.5) is 0 Å². The summed E-state index contributed by atoms with van der Waals surface area (Å²) in [5.41, 5.74) is 1.43. The van der Waals surface area contributed by atoms with E-state index < -0.39 is 0 Å². The predicted octanol–water partition coefficient (Wildman–Crippen LogP) is 1.95. The molecule has 132 valence electrons. The van der Waals surface area contributed by atoms with E-state index in [1.54, 1.807) is 6.07 Å². The molecule has 0 spiro atoms. The van der Waals surface area contributed by atoms with E-state index in [4.69, 9.17) is 18.7 Å². The number of hydrogen-bond acceptors (Lipinski definition) is 6. The van der Waals surface area contributed by atoms with Gasteiger partial charge in [0.1, 0.15) is 13.2 Å². The fourth-order valence-corrected chi connectivity index (χ4v) is 2.99. The summed E-state index contributed by atoms with van der Waals surface area (Å²) in [4.78, 5) is 12.0. The minimum Gasteiger partial charge on any atom is -0.486 e. The van der Waals surface area contributed by atoms with Gasteiger partial charge in [-0.25, -0.2) is 0 Å². The van der Waals surface area contributed by atoms with Gasteiger partial charge >= 0.3 is 0 Å². The molecule has 7 nitrogen and oxygen atoms in total. The lowest BCUT2D eigenvalue weighted by atomic mass is 10.1. The quantitative estimate of drug-likeness (QED) is 0.893. The Balaban J connectivity index is 1.37. The molecule has 1 amide bonds. The molecule has 0 radical (unpaired) electrons. The maximum Gasteiger partial charge on any atom is 0.226 e. The van der Waals surface area contributed by atoms with Crippen LogP contribution in [0.5, 0.6) is 11.5 Å². The highest BCUT2D eigenvalue weighted by atomic mass is 16.6. The number of nitrogens with zero attached hydrogens (tertiary/aromatic N) is 1. The number of aromatic nitrogens is 1. The third-order valence-electron chi connectivity index (χ3n) is 4.28. The highest BCUT2D eigenvalue weighted by Gasteiger charge is 2.18. The van der Waals surface area contributed by atoms with Gasteiger partial charge < -0.3 is 24.1 Å². The number of carbonyl (C=O) groups is 1. The van der Waals surface area contributed by atoms with E-state index in [1.807, 2.05) is 18.2 Å². The lowest BCUT2D eigenvalue weighted by Gasteiger charge is -2.18. The Kier molecular flexibility index (Phi) is 4.56. The third kappa shape index (κ3) is 3.76. The highest BCUT2D eigenvalue weighted by molar-refractivity contribution is 5.78. The van der Waals surface area contributed by atoms with Gasteiger partial charge in [0, 0.05) is 24.8 Å². The van der Waals surface area contributed by atoms with Crippen molar-refractivity contribution in [2.75, 3.05) is 26.4 Å². The summed E-state index contributed by atoms with van der Waals surface area (Å²) in [7, 11) is 0. The second-order valence-electron chi connectivity index (χ2n) is 6.16. The van der Waals surface area contributed by atoms with Gasteiger partial charge in [-0.15, -0.1) is 0 Å². The normalized spacial score (nSPS) is 19.0. The minimum absolute atomic E-state index is 0.0856. The molecule has 0 saturated carbocycles. The zero-order chi connectivity index (χ0) is 17.1. The molecule has 1 atom stereocenters. The molecule has 1 fully saturated rings. The van der Waals surface area contributed by atoms with Crippen LogP contribution in [-0.4, -0.2) is 43.5 Å². The van der Waals surface area contributed by atoms with Crippen LogP contribution in [0.2, 0.25) is 0 Å². The van der Waals surface area contributed by atoms with Crippen molar-refractivity contribution in [3.63, 3.8) is 0 Å². The summed E-state index contributed by atoms with van der Waals surface area (Å²) < 4.78 is 21.9. The number of fused-ring (bicyclic) bond motifs is 1. The Bertz CT molecular complexity index is 752. The van der Waals surface area contributed by atoms with Crippen molar-refractivity contribution >= 4 is 5.91 Å². The van der Waals surface area contributed by atoms with Crippen LogP contribution in [0.25, 0.3) is 11.3 Å². The topological polar surface area (TPSA) is 82.8 Å². The smallest absolute Gasteiger partial charge is 0.226 e. The average molecular weight is 344 g/mol. The van der Waals surface area contributed by atoms with Crippen molar-refractivity contribution in [2.45, 2.75) is 25.4 Å². The summed E-state index contributed by atoms with van der Waals surface area (Å²) in [5, 5.41) is 6.87. The summed E-state index contributed by atoms with van der Waals surface area (Å²) in [6, 6.07) is 7.36. The number of nitrogens with one attached hydrogen (secondary N) is 1. The molecule has 2 aliphatic rings. The van der Waals surface area contributed by atoms with Crippen LogP contribution in [0.1, 0.15) is 18.5 Å². The molecule has 1 aromatic carbocycles. The highest BCUT2D eigenvalue weighted by Crippen LogP contribution is 2.34. The third-order valence-corrected chi connectivity index (χ3v) is 4.28. The molecular weight excluding hydrogens is 324 g/mol. The fourth-order valence-electron chi connectivity index (χ4n) is 2.99. The van der Waals surface area contributed by atoms with Crippen molar-refractivity contribution in [1.29, 1.82) is 0 Å². The van der Waals surface area contributed by atoms with E-state index in [9.17, 15) is 4.79 Å². The van der Waals surface area contributed by atoms with E-state index in [1.165, 1.54) is 0 Å². The number of benzene rings is 1. The van der Waals surface area contributed by atoms with E-state index in [0.29, 0.717) is 37.0 Å². The first-order valence-corrected chi connectivity index (χ1v) is 8.52. The molecule has 1 unspecified atom stereocenters. The molecule has 0 bridgehead atoms. The molecule has 4 rings (SSSR count). The van der Waals surface area contributed by atoms with Crippen LogP contribution < -0.4 is 14.8 Å². The number of ether oxygens (including phenoxy) is 3. The molecule has 7 heteroatoms. The van der Waals surface area contributed by atoms with Gasteiger partial charge in [-0.1, -0.05) is 5.16 Å². The van der Waals surface area contributed by atoms with Crippen LogP contribution in [-0.2, 0) is 16.0 Å². The number of amides is 1. The first kappa shape index (κ1) is 16.0. The zero-order valence-corrected chi connectivity index (χ0v) is 13.8. The van der Waals surface area contributed by atoms with Crippen molar-refractivity contribution < 1.29 is 23.5 Å². The summed E-state index contributed by atoms with van der Waals surface area (Å²) >= 11 is 0. The minimum atomic E-state index is -0.0856. The Morgan fingerprint density at radius 3 is 2.88 bits per heavy atom. The van der Waals surface area contributed by atoms with E-state index >= 15 is 0 Å². The lowest BCUT2D eigenvalue weighted by Crippen LogP contribution is -2.32.